The highest BCUT2D eigenvalue weighted by molar-refractivity contribution is 6.32. The van der Waals surface area contributed by atoms with E-state index in [-0.39, 0.29) is 0 Å². The van der Waals surface area contributed by atoms with Crippen LogP contribution in [-0.2, 0) is 13.5 Å². The van der Waals surface area contributed by atoms with E-state index in [1.54, 1.807) is 12.5 Å². The van der Waals surface area contributed by atoms with Crippen LogP contribution in [-0.4, -0.2) is 37.8 Å². The van der Waals surface area contributed by atoms with Crippen molar-refractivity contribution < 1.29 is 0 Å². The van der Waals surface area contributed by atoms with Gasteiger partial charge in [-0.2, -0.15) is 4.98 Å². The van der Waals surface area contributed by atoms with Crippen LogP contribution < -0.4 is 10.6 Å². The highest BCUT2D eigenvalue weighted by Gasteiger charge is 2.06. The van der Waals surface area contributed by atoms with Crippen LogP contribution in [0.5, 0.6) is 0 Å². The molecule has 0 bridgehead atoms. The van der Waals surface area contributed by atoms with Crippen molar-refractivity contribution in [3.63, 3.8) is 0 Å². The molecule has 0 aliphatic rings. The van der Waals surface area contributed by atoms with Gasteiger partial charge in [-0.25, -0.2) is 4.98 Å². The molecular weight excluding hydrogens is 278 g/mol. The first-order valence-corrected chi connectivity index (χ1v) is 6.91. The molecule has 8 heteroatoms. The minimum absolute atomic E-state index is 0.505. The maximum absolute atomic E-state index is 6.07. The predicted octanol–water partition coefficient (Wildman–Crippen LogP) is 1.73. The number of aryl methyl sites for hydroxylation is 1. The van der Waals surface area contributed by atoms with Gasteiger partial charge in [-0.05, 0) is 6.42 Å². The van der Waals surface area contributed by atoms with Crippen molar-refractivity contribution in [2.45, 2.75) is 19.8 Å². The van der Waals surface area contributed by atoms with Gasteiger partial charge in [-0.3, -0.25) is 0 Å². The number of rotatable bonds is 7. The highest BCUT2D eigenvalue weighted by atomic mass is 35.5. The van der Waals surface area contributed by atoms with Crippen LogP contribution in [0.25, 0.3) is 0 Å². The molecule has 20 heavy (non-hydrogen) atoms. The number of anilines is 2. The molecule has 0 aliphatic carbocycles. The number of halogens is 1. The average Bonchev–Trinajstić information content (AvgIpc) is 2.85. The molecule has 0 saturated heterocycles. The number of nitrogens with one attached hydrogen (secondary N) is 2. The minimum Gasteiger partial charge on any atom is -0.368 e. The van der Waals surface area contributed by atoms with E-state index in [1.807, 2.05) is 11.6 Å². The normalized spacial score (nSPS) is 10.6. The fraction of sp³-hybridized carbons (Fsp3) is 0.500. The minimum atomic E-state index is 0.505. The quantitative estimate of drug-likeness (QED) is 0.810. The Balaban J connectivity index is 1.92. The fourth-order valence-corrected chi connectivity index (χ4v) is 1.80. The predicted molar refractivity (Wildman–Crippen MR) is 79.0 cm³/mol. The molecule has 0 saturated carbocycles. The van der Waals surface area contributed by atoms with Gasteiger partial charge >= 0.3 is 0 Å². The monoisotopic (exact) mass is 295 g/mol. The first kappa shape index (κ1) is 14.5. The molecule has 0 spiro atoms. The molecule has 2 aromatic rings. The Morgan fingerprint density at radius 2 is 2.15 bits per heavy atom. The molecule has 2 heterocycles. The van der Waals surface area contributed by atoms with E-state index in [1.165, 1.54) is 0 Å². The van der Waals surface area contributed by atoms with Gasteiger partial charge in [0.2, 0.25) is 5.95 Å². The Hall–Kier alpha value is -1.89. The molecule has 0 aromatic carbocycles. The van der Waals surface area contributed by atoms with Gasteiger partial charge in [-0.1, -0.05) is 18.5 Å². The van der Waals surface area contributed by atoms with Crippen molar-refractivity contribution >= 4 is 23.4 Å². The standard InChI is InChI=1S/C12H18ClN7/c1-3-5-15-12-16-7-9(13)11(18-12)14-6-4-10-19-17-8-20(10)2/h7-8H,3-6H2,1-2H3,(H2,14,15,16,18). The summed E-state index contributed by atoms with van der Waals surface area (Å²) >= 11 is 6.07. The molecule has 0 fully saturated rings. The summed E-state index contributed by atoms with van der Waals surface area (Å²) < 4.78 is 1.89. The van der Waals surface area contributed by atoms with Crippen LogP contribution >= 0.6 is 11.6 Å². The molecule has 2 aromatic heterocycles. The number of nitrogens with zero attached hydrogens (tertiary/aromatic N) is 5. The maximum atomic E-state index is 6.07. The second-order valence-corrected chi connectivity index (χ2v) is 4.76. The summed E-state index contributed by atoms with van der Waals surface area (Å²) in [6.07, 6.45) is 5.03. The van der Waals surface area contributed by atoms with Gasteiger partial charge in [0, 0.05) is 26.6 Å². The third-order valence-electron chi connectivity index (χ3n) is 2.72. The van der Waals surface area contributed by atoms with E-state index in [0.29, 0.717) is 23.3 Å². The SMILES string of the molecule is CCCNc1ncc(Cl)c(NCCc2nncn2C)n1. The third kappa shape index (κ3) is 3.80. The lowest BCUT2D eigenvalue weighted by atomic mass is 10.4. The smallest absolute Gasteiger partial charge is 0.224 e. The molecule has 2 N–H and O–H groups in total. The van der Waals surface area contributed by atoms with Gasteiger partial charge < -0.3 is 15.2 Å². The van der Waals surface area contributed by atoms with E-state index >= 15 is 0 Å². The van der Waals surface area contributed by atoms with Crippen molar-refractivity contribution in [2.24, 2.45) is 7.05 Å². The number of hydrogen-bond acceptors (Lipinski definition) is 6. The summed E-state index contributed by atoms with van der Waals surface area (Å²) in [4.78, 5) is 8.47. The largest absolute Gasteiger partial charge is 0.368 e. The Morgan fingerprint density at radius 3 is 2.85 bits per heavy atom. The summed E-state index contributed by atoms with van der Waals surface area (Å²) in [6.45, 7) is 3.60. The number of aromatic nitrogens is 5. The first-order chi connectivity index (χ1) is 9.70. The third-order valence-corrected chi connectivity index (χ3v) is 3.00. The van der Waals surface area contributed by atoms with Crippen molar-refractivity contribution in [3.05, 3.63) is 23.4 Å². The Labute approximate surface area is 122 Å². The molecule has 2 rings (SSSR count). The average molecular weight is 296 g/mol. The van der Waals surface area contributed by atoms with Gasteiger partial charge in [0.05, 0.1) is 6.20 Å². The topological polar surface area (TPSA) is 80.5 Å². The maximum Gasteiger partial charge on any atom is 0.224 e. The van der Waals surface area contributed by atoms with Crippen LogP contribution in [0.2, 0.25) is 5.02 Å². The van der Waals surface area contributed by atoms with Crippen LogP contribution in [0.3, 0.4) is 0 Å². The van der Waals surface area contributed by atoms with Gasteiger partial charge in [-0.15, -0.1) is 10.2 Å². The van der Waals surface area contributed by atoms with Crippen LogP contribution in [0.15, 0.2) is 12.5 Å². The van der Waals surface area contributed by atoms with E-state index in [0.717, 1.165) is 25.2 Å². The molecular formula is C12H18ClN7. The van der Waals surface area contributed by atoms with Gasteiger partial charge in [0.15, 0.2) is 0 Å². The van der Waals surface area contributed by atoms with E-state index in [2.05, 4.69) is 37.7 Å². The summed E-state index contributed by atoms with van der Waals surface area (Å²) in [5.74, 6) is 2.12. The zero-order valence-electron chi connectivity index (χ0n) is 11.6. The van der Waals surface area contributed by atoms with E-state index < -0.39 is 0 Å². The highest BCUT2D eigenvalue weighted by Crippen LogP contribution is 2.19. The lowest BCUT2D eigenvalue weighted by Gasteiger charge is -2.09. The van der Waals surface area contributed by atoms with Gasteiger partial charge in [0.25, 0.3) is 0 Å². The summed E-state index contributed by atoms with van der Waals surface area (Å²) in [6, 6.07) is 0. The fourth-order valence-electron chi connectivity index (χ4n) is 1.64. The summed E-state index contributed by atoms with van der Waals surface area (Å²) in [5.41, 5.74) is 0. The molecule has 0 atom stereocenters. The second kappa shape index (κ2) is 7.04. The lowest BCUT2D eigenvalue weighted by Crippen LogP contribution is -2.12. The van der Waals surface area contributed by atoms with Crippen molar-refractivity contribution in [3.8, 4) is 0 Å². The van der Waals surface area contributed by atoms with Crippen LogP contribution in [0.1, 0.15) is 19.2 Å². The summed E-state index contributed by atoms with van der Waals surface area (Å²) in [5, 5.41) is 14.7. The number of hydrogen-bond donors (Lipinski definition) is 2. The van der Waals surface area contributed by atoms with Crippen molar-refractivity contribution in [2.75, 3.05) is 23.7 Å². The molecule has 108 valence electrons. The van der Waals surface area contributed by atoms with Gasteiger partial charge in [0.1, 0.15) is 23.0 Å². The zero-order chi connectivity index (χ0) is 14.4. The molecule has 0 radical (unpaired) electrons. The Bertz CT molecular complexity index is 554. The Kier molecular flexibility index (Phi) is 5.11. The second-order valence-electron chi connectivity index (χ2n) is 4.35. The summed E-state index contributed by atoms with van der Waals surface area (Å²) in [7, 11) is 1.92. The van der Waals surface area contributed by atoms with E-state index in [4.69, 9.17) is 11.6 Å². The first-order valence-electron chi connectivity index (χ1n) is 6.54. The molecule has 0 unspecified atom stereocenters. The zero-order valence-corrected chi connectivity index (χ0v) is 12.4. The van der Waals surface area contributed by atoms with Crippen LogP contribution in [0, 0.1) is 0 Å². The molecule has 0 aliphatic heterocycles. The molecule has 7 nitrogen and oxygen atoms in total. The van der Waals surface area contributed by atoms with Crippen molar-refractivity contribution in [1.29, 1.82) is 0 Å². The Morgan fingerprint density at radius 1 is 1.30 bits per heavy atom. The van der Waals surface area contributed by atoms with Crippen molar-refractivity contribution in [1.82, 2.24) is 24.7 Å². The lowest BCUT2D eigenvalue weighted by molar-refractivity contribution is 0.787. The van der Waals surface area contributed by atoms with Crippen LogP contribution in [0.4, 0.5) is 11.8 Å². The molecule has 0 amide bonds. The van der Waals surface area contributed by atoms with E-state index in [9.17, 15) is 0 Å².